The van der Waals surface area contributed by atoms with Gasteiger partial charge >= 0.3 is 0 Å². The molecule has 0 radical (unpaired) electrons. The summed E-state index contributed by atoms with van der Waals surface area (Å²) >= 11 is 2.90. The van der Waals surface area contributed by atoms with Gasteiger partial charge in [0, 0.05) is 16.3 Å². The summed E-state index contributed by atoms with van der Waals surface area (Å²) in [7, 11) is 0. The number of nitro benzene ring substituents is 1. The SMILES string of the molecule is Cc1ccc([N+](=O)[O-])c(NC(=O)CSc2ncnc3sc(C)c(C)c23)c1C. The molecular weight excluding hydrogens is 384 g/mol. The topological polar surface area (TPSA) is 98.0 Å². The minimum atomic E-state index is -0.485. The molecule has 27 heavy (non-hydrogen) atoms. The van der Waals surface area contributed by atoms with Gasteiger partial charge in [0.05, 0.1) is 10.7 Å². The van der Waals surface area contributed by atoms with Crippen LogP contribution in [0.25, 0.3) is 10.2 Å². The number of benzene rings is 1. The maximum atomic E-state index is 12.5. The predicted octanol–water partition coefficient (Wildman–Crippen LogP) is 4.56. The number of anilines is 1. The number of aryl methyl sites for hydroxylation is 3. The van der Waals surface area contributed by atoms with Crippen LogP contribution < -0.4 is 5.32 Å². The fraction of sp³-hybridized carbons (Fsp3) is 0.278. The van der Waals surface area contributed by atoms with E-state index in [-0.39, 0.29) is 23.0 Å². The number of nitrogens with zero attached hydrogens (tertiary/aromatic N) is 3. The molecule has 1 N–H and O–H groups in total. The molecule has 3 aromatic rings. The number of amides is 1. The van der Waals surface area contributed by atoms with Gasteiger partial charge in [-0.1, -0.05) is 17.8 Å². The summed E-state index contributed by atoms with van der Waals surface area (Å²) in [5.74, 6) is -0.210. The van der Waals surface area contributed by atoms with Gasteiger partial charge in [-0.3, -0.25) is 14.9 Å². The minimum Gasteiger partial charge on any atom is -0.319 e. The van der Waals surface area contributed by atoms with Crippen molar-refractivity contribution in [3.8, 4) is 0 Å². The maximum absolute atomic E-state index is 12.5. The Labute approximate surface area is 164 Å². The van der Waals surface area contributed by atoms with Gasteiger partial charge in [0.15, 0.2) is 0 Å². The van der Waals surface area contributed by atoms with Gasteiger partial charge in [-0.2, -0.15) is 0 Å². The molecule has 0 spiro atoms. The van der Waals surface area contributed by atoms with Gasteiger partial charge in [-0.25, -0.2) is 9.97 Å². The van der Waals surface area contributed by atoms with Gasteiger partial charge in [-0.05, 0) is 44.4 Å². The van der Waals surface area contributed by atoms with Gasteiger partial charge < -0.3 is 5.32 Å². The van der Waals surface area contributed by atoms with Crippen molar-refractivity contribution in [2.75, 3.05) is 11.1 Å². The molecule has 0 atom stereocenters. The number of nitrogens with one attached hydrogen (secondary N) is 1. The van der Waals surface area contributed by atoms with Crippen molar-refractivity contribution < 1.29 is 9.72 Å². The smallest absolute Gasteiger partial charge is 0.293 e. The van der Waals surface area contributed by atoms with Crippen molar-refractivity contribution in [3.63, 3.8) is 0 Å². The van der Waals surface area contributed by atoms with Crippen LogP contribution in [0.5, 0.6) is 0 Å². The van der Waals surface area contributed by atoms with Crippen LogP contribution in [0.4, 0.5) is 11.4 Å². The Morgan fingerprint density at radius 3 is 2.67 bits per heavy atom. The zero-order valence-electron chi connectivity index (χ0n) is 15.3. The van der Waals surface area contributed by atoms with Crippen molar-refractivity contribution in [1.29, 1.82) is 0 Å². The summed E-state index contributed by atoms with van der Waals surface area (Å²) in [5, 5.41) is 15.7. The highest BCUT2D eigenvalue weighted by Gasteiger charge is 2.20. The third kappa shape index (κ3) is 3.79. The van der Waals surface area contributed by atoms with Gasteiger partial charge in [0.1, 0.15) is 21.9 Å². The average molecular weight is 403 g/mol. The molecule has 3 rings (SSSR count). The number of thioether (sulfide) groups is 1. The van der Waals surface area contributed by atoms with Crippen molar-refractivity contribution in [1.82, 2.24) is 9.97 Å². The van der Waals surface area contributed by atoms with Crippen molar-refractivity contribution >= 4 is 50.6 Å². The number of hydrogen-bond donors (Lipinski definition) is 1. The largest absolute Gasteiger partial charge is 0.319 e. The highest BCUT2D eigenvalue weighted by atomic mass is 32.2. The molecule has 9 heteroatoms. The van der Waals surface area contributed by atoms with E-state index in [1.54, 1.807) is 24.3 Å². The zero-order valence-corrected chi connectivity index (χ0v) is 17.0. The Bertz CT molecular complexity index is 1060. The summed E-state index contributed by atoms with van der Waals surface area (Å²) in [5.41, 5.74) is 2.83. The maximum Gasteiger partial charge on any atom is 0.293 e. The number of aromatic nitrogens is 2. The molecule has 0 aliphatic heterocycles. The molecule has 0 aliphatic rings. The molecule has 0 saturated carbocycles. The number of carbonyl (C=O) groups is 1. The first-order chi connectivity index (χ1) is 12.8. The van der Waals surface area contributed by atoms with Crippen molar-refractivity contribution in [3.05, 3.63) is 50.1 Å². The molecule has 0 saturated heterocycles. The van der Waals surface area contributed by atoms with E-state index in [1.165, 1.54) is 29.0 Å². The van der Waals surface area contributed by atoms with E-state index < -0.39 is 4.92 Å². The van der Waals surface area contributed by atoms with E-state index in [0.717, 1.165) is 26.4 Å². The fourth-order valence-electron chi connectivity index (χ4n) is 2.68. The van der Waals surface area contributed by atoms with Gasteiger partial charge in [-0.15, -0.1) is 11.3 Å². The molecule has 0 fully saturated rings. The van der Waals surface area contributed by atoms with Crippen molar-refractivity contribution in [2.24, 2.45) is 0 Å². The van der Waals surface area contributed by atoms with Crippen LogP contribution in [-0.2, 0) is 4.79 Å². The second-order valence-corrected chi connectivity index (χ2v) is 8.31. The lowest BCUT2D eigenvalue weighted by Gasteiger charge is -2.11. The lowest BCUT2D eigenvalue weighted by molar-refractivity contribution is -0.384. The summed E-state index contributed by atoms with van der Waals surface area (Å²) in [6, 6.07) is 3.09. The predicted molar refractivity (Wildman–Crippen MR) is 109 cm³/mol. The van der Waals surface area contributed by atoms with E-state index in [1.807, 2.05) is 20.8 Å². The average Bonchev–Trinajstić information content (AvgIpc) is 2.92. The number of nitro groups is 1. The molecule has 0 aliphatic carbocycles. The molecule has 0 unspecified atom stereocenters. The van der Waals surface area contributed by atoms with Crippen LogP contribution in [0.2, 0.25) is 0 Å². The van der Waals surface area contributed by atoms with E-state index in [9.17, 15) is 14.9 Å². The standard InChI is InChI=1S/C18H18N4O3S2/c1-9-5-6-13(22(24)25)16(10(9)2)21-14(23)7-26-17-15-11(3)12(4)27-18(15)20-8-19-17/h5-6,8H,7H2,1-4H3,(H,21,23). The van der Waals surface area contributed by atoms with Crippen LogP contribution in [0, 0.1) is 37.8 Å². The van der Waals surface area contributed by atoms with E-state index in [0.29, 0.717) is 5.56 Å². The summed E-state index contributed by atoms with van der Waals surface area (Å²) in [4.78, 5) is 33.9. The number of fused-ring (bicyclic) bond motifs is 1. The van der Waals surface area contributed by atoms with Gasteiger partial charge in [0.2, 0.25) is 5.91 Å². The third-order valence-corrected chi connectivity index (χ3v) is 6.55. The fourth-order valence-corrected chi connectivity index (χ4v) is 4.60. The summed E-state index contributed by atoms with van der Waals surface area (Å²) in [6.07, 6.45) is 1.49. The molecule has 2 heterocycles. The molecule has 2 aromatic heterocycles. The van der Waals surface area contributed by atoms with Gasteiger partial charge in [0.25, 0.3) is 5.69 Å². The first-order valence-corrected chi connectivity index (χ1v) is 9.97. The van der Waals surface area contributed by atoms with E-state index in [2.05, 4.69) is 15.3 Å². The third-order valence-electron chi connectivity index (χ3n) is 4.45. The minimum absolute atomic E-state index is 0.102. The Hall–Kier alpha value is -2.52. The number of thiophene rings is 1. The quantitative estimate of drug-likeness (QED) is 0.291. The Balaban J connectivity index is 1.81. The normalized spacial score (nSPS) is 11.0. The summed E-state index contributed by atoms with van der Waals surface area (Å²) in [6.45, 7) is 7.66. The number of hydrogen-bond acceptors (Lipinski definition) is 7. The van der Waals surface area contributed by atoms with Crippen LogP contribution in [-0.4, -0.2) is 26.6 Å². The molecule has 0 bridgehead atoms. The van der Waals surface area contributed by atoms with Crippen molar-refractivity contribution in [2.45, 2.75) is 32.7 Å². The van der Waals surface area contributed by atoms with E-state index >= 15 is 0 Å². The Morgan fingerprint density at radius 2 is 1.96 bits per heavy atom. The Morgan fingerprint density at radius 1 is 1.22 bits per heavy atom. The monoisotopic (exact) mass is 402 g/mol. The first kappa shape index (κ1) is 19.2. The lowest BCUT2D eigenvalue weighted by atomic mass is 10.1. The Kier molecular flexibility index (Phi) is 5.43. The number of rotatable bonds is 5. The molecule has 1 aromatic carbocycles. The lowest BCUT2D eigenvalue weighted by Crippen LogP contribution is -2.16. The molecular formula is C18H18N4O3S2. The molecule has 1 amide bonds. The zero-order chi connectivity index (χ0) is 19.7. The molecule has 7 nitrogen and oxygen atoms in total. The van der Waals surface area contributed by atoms with Crippen LogP contribution in [0.3, 0.4) is 0 Å². The highest BCUT2D eigenvalue weighted by molar-refractivity contribution is 8.00. The van der Waals surface area contributed by atoms with Crippen LogP contribution in [0.1, 0.15) is 21.6 Å². The highest BCUT2D eigenvalue weighted by Crippen LogP contribution is 2.35. The second-order valence-electron chi connectivity index (χ2n) is 6.14. The first-order valence-electron chi connectivity index (χ1n) is 8.17. The summed E-state index contributed by atoms with van der Waals surface area (Å²) < 4.78 is 0. The second kappa shape index (κ2) is 7.61. The number of carbonyl (C=O) groups excluding carboxylic acids is 1. The van der Waals surface area contributed by atoms with Crippen LogP contribution in [0.15, 0.2) is 23.5 Å². The molecule has 140 valence electrons. The van der Waals surface area contributed by atoms with Crippen LogP contribution >= 0.6 is 23.1 Å². The van der Waals surface area contributed by atoms with E-state index in [4.69, 9.17) is 0 Å².